The number of primary amides is 1. The fraction of sp³-hybridized carbons (Fsp3) is 0.273. The van der Waals surface area contributed by atoms with Gasteiger partial charge < -0.3 is 16.2 Å². The number of hydrogen-bond acceptors (Lipinski definition) is 3. The molecular weight excluding hydrogens is 208 g/mol. The second-order valence-electron chi connectivity index (χ2n) is 3.50. The highest BCUT2D eigenvalue weighted by atomic mass is 16.3. The lowest BCUT2D eigenvalue weighted by Crippen LogP contribution is -2.44. The molecule has 1 aromatic carbocycles. The quantitative estimate of drug-likeness (QED) is 0.703. The summed E-state index contributed by atoms with van der Waals surface area (Å²) in [5, 5.41) is 13.3. The number of benzene rings is 1. The van der Waals surface area contributed by atoms with Gasteiger partial charge in [-0.05, 0) is 5.56 Å². The molecule has 0 aliphatic heterocycles. The van der Waals surface area contributed by atoms with Crippen LogP contribution >= 0.6 is 0 Å². The van der Waals surface area contributed by atoms with Crippen molar-refractivity contribution in [3.8, 4) is 5.75 Å². The predicted molar refractivity (Wildman–Crippen MR) is 56.4 cm³/mol. The van der Waals surface area contributed by atoms with Gasteiger partial charge in [0.25, 0.3) is 0 Å². The van der Waals surface area contributed by atoms with Crippen LogP contribution in [0.5, 0.6) is 5.75 Å². The summed E-state index contributed by atoms with van der Waals surface area (Å²) in [6.07, 6.45) is 0.287. The molecule has 1 rings (SSSR count). The van der Waals surface area contributed by atoms with Crippen LogP contribution in [0.15, 0.2) is 24.3 Å². The maximum Gasteiger partial charge on any atom is 0.240 e. The van der Waals surface area contributed by atoms with Crippen molar-refractivity contribution >= 4 is 11.8 Å². The third-order valence-electron chi connectivity index (χ3n) is 2.08. The number of nitrogens with two attached hydrogens (primary N) is 1. The van der Waals surface area contributed by atoms with E-state index in [1.165, 1.54) is 19.1 Å². The molecule has 0 bridgehead atoms. The van der Waals surface area contributed by atoms with Crippen molar-refractivity contribution in [3.05, 3.63) is 29.8 Å². The fourth-order valence-corrected chi connectivity index (χ4v) is 1.33. The highest BCUT2D eigenvalue weighted by molar-refractivity contribution is 5.85. The largest absolute Gasteiger partial charge is 0.872 e. The first-order chi connectivity index (χ1) is 7.49. The summed E-state index contributed by atoms with van der Waals surface area (Å²) in [6.45, 7) is 1.32. The molecule has 0 aliphatic carbocycles. The van der Waals surface area contributed by atoms with E-state index in [0.717, 1.165) is 5.56 Å². The van der Waals surface area contributed by atoms with Gasteiger partial charge in [0.1, 0.15) is 6.04 Å². The minimum atomic E-state index is -0.741. The Morgan fingerprint density at radius 3 is 2.38 bits per heavy atom. The molecule has 5 nitrogen and oxygen atoms in total. The van der Waals surface area contributed by atoms with Crippen LogP contribution in [-0.4, -0.2) is 17.9 Å². The van der Waals surface area contributed by atoms with E-state index in [0.29, 0.717) is 0 Å². The smallest absolute Gasteiger partial charge is 0.240 e. The highest BCUT2D eigenvalue weighted by Crippen LogP contribution is 2.08. The number of amides is 2. The Hall–Kier alpha value is -2.04. The topological polar surface area (TPSA) is 95.2 Å². The van der Waals surface area contributed by atoms with Crippen molar-refractivity contribution in [2.45, 2.75) is 19.4 Å². The van der Waals surface area contributed by atoms with Crippen LogP contribution in [0.2, 0.25) is 0 Å². The van der Waals surface area contributed by atoms with Gasteiger partial charge in [0.15, 0.2) is 0 Å². The van der Waals surface area contributed by atoms with Crippen LogP contribution in [0, 0.1) is 0 Å². The molecule has 1 atom stereocenters. The molecule has 0 spiro atoms. The standard InChI is InChI=1S/C11H14N2O3/c1-7(14)13-10(11(12)16)6-8-2-4-9(15)5-3-8/h2-5,10,15H,6H2,1H3,(H2,12,16)(H,13,14)/p-1/t10-/m0/s1. The molecular formula is C11H13N2O3-. The van der Waals surface area contributed by atoms with Crippen LogP contribution in [0.1, 0.15) is 12.5 Å². The van der Waals surface area contributed by atoms with Crippen LogP contribution in [-0.2, 0) is 16.0 Å². The average Bonchev–Trinajstić information content (AvgIpc) is 2.19. The molecule has 1 aromatic rings. The Balaban J connectivity index is 2.71. The van der Waals surface area contributed by atoms with Gasteiger partial charge >= 0.3 is 0 Å². The maximum atomic E-state index is 11.1. The number of hydrogen-bond donors (Lipinski definition) is 2. The minimum Gasteiger partial charge on any atom is -0.872 e. The molecule has 0 heterocycles. The van der Waals surface area contributed by atoms with Crippen LogP contribution in [0.3, 0.4) is 0 Å². The average molecular weight is 221 g/mol. The molecule has 5 heteroatoms. The Kier molecular flexibility index (Phi) is 3.88. The van der Waals surface area contributed by atoms with Gasteiger partial charge in [-0.25, -0.2) is 0 Å². The van der Waals surface area contributed by atoms with Gasteiger partial charge in [-0.2, -0.15) is 0 Å². The molecule has 0 fully saturated rings. The SMILES string of the molecule is CC(=O)N[C@@H](Cc1ccc([O-])cc1)C(N)=O. The summed E-state index contributed by atoms with van der Waals surface area (Å²) in [4.78, 5) is 21.9. The van der Waals surface area contributed by atoms with Crippen molar-refractivity contribution < 1.29 is 14.7 Å². The monoisotopic (exact) mass is 221 g/mol. The third-order valence-corrected chi connectivity index (χ3v) is 2.08. The highest BCUT2D eigenvalue weighted by Gasteiger charge is 2.16. The van der Waals surface area contributed by atoms with E-state index >= 15 is 0 Å². The molecule has 0 saturated carbocycles. The summed E-state index contributed by atoms with van der Waals surface area (Å²) >= 11 is 0. The number of rotatable bonds is 4. The molecule has 86 valence electrons. The molecule has 0 aliphatic rings. The zero-order valence-corrected chi connectivity index (χ0v) is 8.90. The van der Waals surface area contributed by atoms with Crippen molar-refractivity contribution in [2.75, 3.05) is 0 Å². The number of carbonyl (C=O) groups excluding carboxylic acids is 2. The Labute approximate surface area is 93.3 Å². The normalized spacial score (nSPS) is 11.8. The first kappa shape index (κ1) is 12.0. The second-order valence-corrected chi connectivity index (χ2v) is 3.50. The second kappa shape index (κ2) is 5.16. The van der Waals surface area contributed by atoms with Crippen LogP contribution in [0.4, 0.5) is 0 Å². The minimum absolute atomic E-state index is 0.0982. The van der Waals surface area contributed by atoms with E-state index in [2.05, 4.69) is 5.32 Å². The van der Waals surface area contributed by atoms with Gasteiger partial charge in [-0.15, -0.1) is 5.75 Å². The Morgan fingerprint density at radius 1 is 1.38 bits per heavy atom. The Bertz CT molecular complexity index is 387. The van der Waals surface area contributed by atoms with Crippen molar-refractivity contribution in [2.24, 2.45) is 5.73 Å². The molecule has 0 radical (unpaired) electrons. The zero-order valence-electron chi connectivity index (χ0n) is 8.90. The van der Waals surface area contributed by atoms with Crippen molar-refractivity contribution in [1.29, 1.82) is 0 Å². The molecule has 3 N–H and O–H groups in total. The van der Waals surface area contributed by atoms with E-state index in [1.807, 2.05) is 0 Å². The first-order valence-corrected chi connectivity index (χ1v) is 4.81. The summed E-state index contributed by atoms with van der Waals surface area (Å²) in [5.74, 6) is -1.01. The summed E-state index contributed by atoms with van der Waals surface area (Å²) in [5.41, 5.74) is 5.92. The number of carbonyl (C=O) groups is 2. The van der Waals surface area contributed by atoms with E-state index in [4.69, 9.17) is 5.73 Å². The lowest BCUT2D eigenvalue weighted by Gasteiger charge is -2.14. The van der Waals surface area contributed by atoms with Crippen LogP contribution < -0.4 is 16.2 Å². The lowest BCUT2D eigenvalue weighted by molar-refractivity contribution is -0.268. The van der Waals surface area contributed by atoms with Crippen molar-refractivity contribution in [1.82, 2.24) is 5.32 Å². The molecule has 2 amide bonds. The van der Waals surface area contributed by atoms with E-state index < -0.39 is 11.9 Å². The summed E-state index contributed by atoms with van der Waals surface area (Å²) in [6, 6.07) is 5.29. The van der Waals surface area contributed by atoms with E-state index in [-0.39, 0.29) is 18.1 Å². The first-order valence-electron chi connectivity index (χ1n) is 4.81. The van der Waals surface area contributed by atoms with E-state index in [9.17, 15) is 14.7 Å². The molecule has 0 saturated heterocycles. The molecule has 16 heavy (non-hydrogen) atoms. The summed E-state index contributed by atoms with van der Waals surface area (Å²) in [7, 11) is 0. The van der Waals surface area contributed by atoms with Gasteiger partial charge in [0.05, 0.1) is 0 Å². The van der Waals surface area contributed by atoms with Gasteiger partial charge in [-0.3, -0.25) is 9.59 Å². The summed E-state index contributed by atoms with van der Waals surface area (Å²) < 4.78 is 0. The predicted octanol–water partition coefficient (Wildman–Crippen LogP) is -0.707. The molecule has 0 aromatic heterocycles. The van der Waals surface area contributed by atoms with Gasteiger partial charge in [0.2, 0.25) is 11.8 Å². The van der Waals surface area contributed by atoms with Gasteiger partial charge in [0, 0.05) is 13.3 Å². The fourth-order valence-electron chi connectivity index (χ4n) is 1.33. The number of nitrogens with one attached hydrogen (secondary N) is 1. The van der Waals surface area contributed by atoms with Crippen LogP contribution in [0.25, 0.3) is 0 Å². The van der Waals surface area contributed by atoms with E-state index in [1.54, 1.807) is 12.1 Å². The maximum absolute atomic E-state index is 11.1. The lowest BCUT2D eigenvalue weighted by atomic mass is 10.1. The van der Waals surface area contributed by atoms with Crippen molar-refractivity contribution in [3.63, 3.8) is 0 Å². The third kappa shape index (κ3) is 3.61. The van der Waals surface area contributed by atoms with Gasteiger partial charge in [-0.1, -0.05) is 24.3 Å². The zero-order chi connectivity index (χ0) is 12.1. The molecule has 0 unspecified atom stereocenters. The Morgan fingerprint density at radius 2 is 1.94 bits per heavy atom.